The summed E-state index contributed by atoms with van der Waals surface area (Å²) in [5, 5.41) is 9.51. The second kappa shape index (κ2) is 5.14. The van der Waals surface area contributed by atoms with Gasteiger partial charge in [0.1, 0.15) is 0 Å². The number of aliphatic hydroxyl groups is 1. The van der Waals surface area contributed by atoms with E-state index in [9.17, 15) is 18.3 Å². The first-order valence-corrected chi connectivity index (χ1v) is 6.12. The van der Waals surface area contributed by atoms with Gasteiger partial charge in [-0.25, -0.2) is 0 Å². The molecule has 17 heavy (non-hydrogen) atoms. The molecule has 0 radical (unpaired) electrons. The predicted octanol–water partition coefficient (Wildman–Crippen LogP) is 3.49. The Hall–Kier alpha value is -0.290. The van der Waals surface area contributed by atoms with E-state index in [1.807, 2.05) is 20.8 Å². The molecular formula is C12H21F3O2. The van der Waals surface area contributed by atoms with E-state index >= 15 is 0 Å². The molecule has 1 aliphatic heterocycles. The van der Waals surface area contributed by atoms with Crippen LogP contribution in [0.2, 0.25) is 0 Å². The molecule has 3 atom stereocenters. The maximum atomic E-state index is 12.6. The average molecular weight is 254 g/mol. The summed E-state index contributed by atoms with van der Waals surface area (Å²) in [6.07, 6.45) is -3.85. The standard InChI is InChI=1S/C12H21F3O2/c1-8(2)4-5-10-9(3)6-7-11(16,17-10)12(13,14)15/h8-10,16H,4-7H2,1-3H3. The van der Waals surface area contributed by atoms with Gasteiger partial charge < -0.3 is 9.84 Å². The van der Waals surface area contributed by atoms with Gasteiger partial charge in [0.2, 0.25) is 0 Å². The first kappa shape index (κ1) is 14.8. The van der Waals surface area contributed by atoms with Crippen LogP contribution in [0.5, 0.6) is 0 Å². The second-order valence-electron chi connectivity index (χ2n) is 5.43. The molecule has 0 bridgehead atoms. The molecule has 102 valence electrons. The largest absolute Gasteiger partial charge is 0.443 e. The molecule has 1 fully saturated rings. The maximum absolute atomic E-state index is 12.6. The molecule has 1 rings (SSSR count). The number of ether oxygens (including phenoxy) is 1. The number of alkyl halides is 3. The van der Waals surface area contributed by atoms with E-state index in [1.165, 1.54) is 0 Å². The van der Waals surface area contributed by atoms with Crippen LogP contribution in [0.1, 0.15) is 46.5 Å². The Kier molecular flexibility index (Phi) is 4.47. The lowest BCUT2D eigenvalue weighted by atomic mass is 9.88. The average Bonchev–Trinajstić information content (AvgIpc) is 2.18. The maximum Gasteiger partial charge on any atom is 0.443 e. The molecule has 1 N–H and O–H groups in total. The van der Waals surface area contributed by atoms with Crippen molar-refractivity contribution in [1.82, 2.24) is 0 Å². The van der Waals surface area contributed by atoms with Crippen molar-refractivity contribution in [2.24, 2.45) is 11.8 Å². The normalized spacial score (nSPS) is 35.3. The van der Waals surface area contributed by atoms with Crippen LogP contribution >= 0.6 is 0 Å². The molecule has 0 aromatic heterocycles. The minimum atomic E-state index is -4.71. The van der Waals surface area contributed by atoms with Gasteiger partial charge in [-0.3, -0.25) is 0 Å². The topological polar surface area (TPSA) is 29.5 Å². The van der Waals surface area contributed by atoms with Gasteiger partial charge in [-0.15, -0.1) is 0 Å². The highest BCUT2D eigenvalue weighted by Gasteiger charge is 2.58. The van der Waals surface area contributed by atoms with Crippen molar-refractivity contribution in [3.8, 4) is 0 Å². The molecule has 1 aliphatic rings. The highest BCUT2D eigenvalue weighted by molar-refractivity contribution is 4.86. The minimum Gasteiger partial charge on any atom is -0.359 e. The van der Waals surface area contributed by atoms with E-state index in [0.717, 1.165) is 6.42 Å². The third kappa shape index (κ3) is 3.58. The van der Waals surface area contributed by atoms with Crippen molar-refractivity contribution in [2.45, 2.75) is 64.5 Å². The molecule has 0 aromatic rings. The molecule has 0 aliphatic carbocycles. The first-order chi connectivity index (χ1) is 7.66. The van der Waals surface area contributed by atoms with Crippen molar-refractivity contribution in [3.05, 3.63) is 0 Å². The van der Waals surface area contributed by atoms with Gasteiger partial charge >= 0.3 is 6.18 Å². The van der Waals surface area contributed by atoms with Crippen LogP contribution in [0.3, 0.4) is 0 Å². The van der Waals surface area contributed by atoms with Crippen LogP contribution in [0, 0.1) is 11.8 Å². The predicted molar refractivity (Wildman–Crippen MR) is 58.3 cm³/mol. The van der Waals surface area contributed by atoms with Crippen molar-refractivity contribution in [1.29, 1.82) is 0 Å². The fraction of sp³-hybridized carbons (Fsp3) is 1.00. The molecule has 0 amide bonds. The molecule has 1 saturated heterocycles. The van der Waals surface area contributed by atoms with Crippen LogP contribution in [0.25, 0.3) is 0 Å². The van der Waals surface area contributed by atoms with E-state index in [1.54, 1.807) is 0 Å². The van der Waals surface area contributed by atoms with Crippen LogP contribution in [-0.2, 0) is 4.74 Å². The number of halogens is 3. The molecular weight excluding hydrogens is 233 g/mol. The Morgan fingerprint density at radius 1 is 1.41 bits per heavy atom. The smallest absolute Gasteiger partial charge is 0.359 e. The van der Waals surface area contributed by atoms with E-state index in [4.69, 9.17) is 4.74 Å². The third-order valence-corrected chi connectivity index (χ3v) is 3.39. The lowest BCUT2D eigenvalue weighted by Gasteiger charge is -2.41. The molecule has 1 heterocycles. The number of hydrogen-bond donors (Lipinski definition) is 1. The molecule has 2 nitrogen and oxygen atoms in total. The lowest BCUT2D eigenvalue weighted by Crippen LogP contribution is -2.54. The van der Waals surface area contributed by atoms with Gasteiger partial charge in [0.25, 0.3) is 5.79 Å². The summed E-state index contributed by atoms with van der Waals surface area (Å²) >= 11 is 0. The Labute approximate surface area is 100 Å². The zero-order valence-electron chi connectivity index (χ0n) is 10.5. The highest BCUT2D eigenvalue weighted by atomic mass is 19.4. The summed E-state index contributed by atoms with van der Waals surface area (Å²) in [7, 11) is 0. The first-order valence-electron chi connectivity index (χ1n) is 6.12. The molecule has 0 aromatic carbocycles. The van der Waals surface area contributed by atoms with Gasteiger partial charge in [-0.1, -0.05) is 20.8 Å². The van der Waals surface area contributed by atoms with E-state index in [0.29, 0.717) is 18.8 Å². The molecule has 0 saturated carbocycles. The minimum absolute atomic E-state index is 0.0661. The number of hydrogen-bond acceptors (Lipinski definition) is 2. The van der Waals surface area contributed by atoms with Crippen LogP contribution in [-0.4, -0.2) is 23.2 Å². The quantitative estimate of drug-likeness (QED) is 0.835. The Bertz CT molecular complexity index is 253. The third-order valence-electron chi connectivity index (χ3n) is 3.39. The van der Waals surface area contributed by atoms with E-state index < -0.39 is 18.1 Å². The summed E-state index contributed by atoms with van der Waals surface area (Å²) < 4.78 is 42.9. The van der Waals surface area contributed by atoms with E-state index in [2.05, 4.69) is 0 Å². The van der Waals surface area contributed by atoms with E-state index in [-0.39, 0.29) is 12.3 Å². The number of rotatable bonds is 3. The zero-order chi connectivity index (χ0) is 13.3. The Morgan fingerprint density at radius 3 is 2.47 bits per heavy atom. The van der Waals surface area contributed by atoms with Crippen LogP contribution in [0.15, 0.2) is 0 Å². The molecule has 5 heteroatoms. The summed E-state index contributed by atoms with van der Waals surface area (Å²) in [5.41, 5.74) is 0. The van der Waals surface area contributed by atoms with Crippen LogP contribution in [0.4, 0.5) is 13.2 Å². The summed E-state index contributed by atoms with van der Waals surface area (Å²) in [6.45, 7) is 5.91. The van der Waals surface area contributed by atoms with Gasteiger partial charge in [0, 0.05) is 6.42 Å². The highest BCUT2D eigenvalue weighted by Crippen LogP contribution is 2.42. The summed E-state index contributed by atoms with van der Waals surface area (Å²) in [4.78, 5) is 0. The lowest BCUT2D eigenvalue weighted by molar-refractivity contribution is -0.395. The fourth-order valence-electron chi connectivity index (χ4n) is 2.08. The van der Waals surface area contributed by atoms with Gasteiger partial charge in [-0.2, -0.15) is 13.2 Å². The van der Waals surface area contributed by atoms with Crippen molar-refractivity contribution in [3.63, 3.8) is 0 Å². The molecule has 0 spiro atoms. The Morgan fingerprint density at radius 2 is 2.00 bits per heavy atom. The molecule has 3 unspecified atom stereocenters. The van der Waals surface area contributed by atoms with Gasteiger partial charge in [0.15, 0.2) is 0 Å². The van der Waals surface area contributed by atoms with Gasteiger partial charge in [-0.05, 0) is 31.1 Å². The zero-order valence-corrected chi connectivity index (χ0v) is 10.5. The Balaban J connectivity index is 2.65. The van der Waals surface area contributed by atoms with Gasteiger partial charge in [0.05, 0.1) is 6.10 Å². The SMILES string of the molecule is CC(C)CCC1OC(O)(C(F)(F)F)CCC1C. The monoisotopic (exact) mass is 254 g/mol. The van der Waals surface area contributed by atoms with Crippen LogP contribution < -0.4 is 0 Å². The van der Waals surface area contributed by atoms with Crippen molar-refractivity contribution in [2.75, 3.05) is 0 Å². The second-order valence-corrected chi connectivity index (χ2v) is 5.43. The van der Waals surface area contributed by atoms with Crippen molar-refractivity contribution >= 4 is 0 Å². The summed E-state index contributed by atoms with van der Waals surface area (Å²) in [6, 6.07) is 0. The van der Waals surface area contributed by atoms with Crippen molar-refractivity contribution < 1.29 is 23.0 Å². The summed E-state index contributed by atoms with van der Waals surface area (Å²) in [5.74, 6) is -2.45. The fourth-order valence-corrected chi connectivity index (χ4v) is 2.08.